The Morgan fingerprint density at radius 1 is 0.882 bits per heavy atom. The SMILES string of the molecule is COc1cc2cc3[n+](c(NC(N)=O)c2cc1OC)CCc1cc(OC)c(-c2ccccc2)cc1-3. The zero-order valence-electron chi connectivity index (χ0n) is 19.3. The Kier molecular flexibility index (Phi) is 5.45. The number of hydrogen-bond acceptors (Lipinski definition) is 4. The second kappa shape index (κ2) is 8.59. The molecule has 1 aliphatic rings. The van der Waals surface area contributed by atoms with Gasteiger partial charge in [-0.1, -0.05) is 30.3 Å². The third-order valence-electron chi connectivity index (χ3n) is 6.30. The normalized spacial score (nSPS) is 12.0. The molecule has 3 N–H and O–H groups in total. The molecule has 2 amide bonds. The molecule has 2 heterocycles. The van der Waals surface area contributed by atoms with E-state index in [0.717, 1.165) is 45.3 Å². The number of rotatable bonds is 5. The van der Waals surface area contributed by atoms with Crippen LogP contribution in [0.3, 0.4) is 0 Å². The van der Waals surface area contributed by atoms with Crippen LogP contribution in [0.4, 0.5) is 10.6 Å². The quantitative estimate of drug-likeness (QED) is 0.432. The van der Waals surface area contributed by atoms with Crippen LogP contribution in [0.25, 0.3) is 33.2 Å². The number of nitrogens with two attached hydrogens (primary N) is 1. The van der Waals surface area contributed by atoms with Crippen molar-refractivity contribution in [2.75, 3.05) is 26.6 Å². The summed E-state index contributed by atoms with van der Waals surface area (Å²) in [4.78, 5) is 12.0. The molecule has 0 atom stereocenters. The van der Waals surface area contributed by atoms with E-state index in [2.05, 4.69) is 40.2 Å². The lowest BCUT2D eigenvalue weighted by Crippen LogP contribution is -2.44. The van der Waals surface area contributed by atoms with Gasteiger partial charge >= 0.3 is 6.03 Å². The fourth-order valence-electron chi connectivity index (χ4n) is 4.73. The van der Waals surface area contributed by atoms with Crippen LogP contribution in [0.1, 0.15) is 5.56 Å². The third kappa shape index (κ3) is 3.55. The average molecular weight is 457 g/mol. The van der Waals surface area contributed by atoms with E-state index in [1.165, 1.54) is 5.56 Å². The van der Waals surface area contributed by atoms with Gasteiger partial charge in [0.05, 0.1) is 33.3 Å². The van der Waals surface area contributed by atoms with Crippen molar-refractivity contribution >= 4 is 22.6 Å². The molecule has 0 bridgehead atoms. The lowest BCUT2D eigenvalue weighted by atomic mass is 9.91. The topological polar surface area (TPSA) is 86.7 Å². The van der Waals surface area contributed by atoms with E-state index in [4.69, 9.17) is 19.9 Å². The van der Waals surface area contributed by atoms with E-state index in [1.54, 1.807) is 21.3 Å². The number of urea groups is 1. The number of fused-ring (bicyclic) bond motifs is 4. The number of hydrogen-bond donors (Lipinski definition) is 2. The minimum atomic E-state index is -0.623. The summed E-state index contributed by atoms with van der Waals surface area (Å²) in [5, 5.41) is 4.57. The first-order chi connectivity index (χ1) is 16.5. The van der Waals surface area contributed by atoms with Crippen molar-refractivity contribution in [3.8, 4) is 39.6 Å². The Hall–Kier alpha value is -4.26. The predicted molar refractivity (Wildman–Crippen MR) is 132 cm³/mol. The van der Waals surface area contributed by atoms with E-state index in [0.29, 0.717) is 23.9 Å². The number of benzene rings is 3. The zero-order valence-corrected chi connectivity index (χ0v) is 19.3. The smallest absolute Gasteiger partial charge is 0.404 e. The molecule has 3 aromatic carbocycles. The number of nitrogens with zero attached hydrogens (tertiary/aromatic N) is 1. The van der Waals surface area contributed by atoms with Crippen LogP contribution in [0.5, 0.6) is 17.2 Å². The molecule has 4 aromatic rings. The van der Waals surface area contributed by atoms with Crippen LogP contribution in [-0.4, -0.2) is 27.4 Å². The Morgan fingerprint density at radius 3 is 2.26 bits per heavy atom. The van der Waals surface area contributed by atoms with Crippen LogP contribution in [0.2, 0.25) is 0 Å². The largest absolute Gasteiger partial charge is 0.496 e. The number of pyridine rings is 1. The maximum atomic E-state index is 12.0. The molecular weight excluding hydrogens is 430 g/mol. The van der Waals surface area contributed by atoms with E-state index >= 15 is 0 Å². The molecule has 0 saturated heterocycles. The van der Waals surface area contributed by atoms with E-state index in [-0.39, 0.29) is 0 Å². The molecule has 172 valence electrons. The minimum absolute atomic E-state index is 0.579. The molecule has 5 rings (SSSR count). The predicted octanol–water partition coefficient (Wildman–Crippen LogP) is 4.53. The maximum absolute atomic E-state index is 12.0. The standard InChI is InChI=1S/C27H25N3O4/c1-32-23-12-17-9-10-30-22(19(17)14-20(23)16-7-5-4-6-8-16)11-18-13-24(33-2)25(34-3)15-21(18)26(30)29-27(28)31/h4-8,11-15H,9-10H2,1-3H3,(H2,28,31)/p+1. The van der Waals surface area contributed by atoms with Crippen molar-refractivity contribution < 1.29 is 23.6 Å². The Labute approximate surface area is 197 Å². The monoisotopic (exact) mass is 456 g/mol. The van der Waals surface area contributed by atoms with Gasteiger partial charge in [-0.2, -0.15) is 5.32 Å². The molecular formula is C27H26N3O4+. The van der Waals surface area contributed by atoms with Crippen LogP contribution in [-0.2, 0) is 13.0 Å². The highest BCUT2D eigenvalue weighted by molar-refractivity contribution is 6.00. The fourth-order valence-corrected chi connectivity index (χ4v) is 4.73. The molecule has 34 heavy (non-hydrogen) atoms. The molecule has 0 spiro atoms. The third-order valence-corrected chi connectivity index (χ3v) is 6.30. The summed E-state index contributed by atoms with van der Waals surface area (Å²) < 4.78 is 18.9. The number of carbonyl (C=O) groups is 1. The van der Waals surface area contributed by atoms with Crippen LogP contribution in [0, 0.1) is 0 Å². The minimum Gasteiger partial charge on any atom is -0.496 e. The molecule has 7 heteroatoms. The van der Waals surface area contributed by atoms with Crippen molar-refractivity contribution in [1.82, 2.24) is 0 Å². The van der Waals surface area contributed by atoms with Crippen LogP contribution in [0.15, 0.2) is 60.7 Å². The number of anilines is 1. The lowest BCUT2D eigenvalue weighted by molar-refractivity contribution is -0.672. The molecule has 1 aliphatic heterocycles. The van der Waals surface area contributed by atoms with Gasteiger partial charge in [-0.15, -0.1) is 0 Å². The summed E-state index contributed by atoms with van der Waals surface area (Å²) in [6.45, 7) is 0.677. The van der Waals surface area contributed by atoms with Crippen molar-refractivity contribution in [2.45, 2.75) is 13.0 Å². The lowest BCUT2D eigenvalue weighted by Gasteiger charge is -2.23. The molecule has 0 saturated carbocycles. The van der Waals surface area contributed by atoms with Crippen molar-refractivity contribution in [3.05, 3.63) is 66.2 Å². The van der Waals surface area contributed by atoms with Gasteiger partial charge in [-0.3, -0.25) is 0 Å². The number of primary amides is 1. The second-order valence-electron chi connectivity index (χ2n) is 8.14. The van der Waals surface area contributed by atoms with Gasteiger partial charge < -0.3 is 19.9 Å². The molecule has 0 radical (unpaired) electrons. The number of aryl methyl sites for hydroxylation is 1. The Morgan fingerprint density at radius 2 is 1.59 bits per heavy atom. The average Bonchev–Trinajstić information content (AvgIpc) is 2.87. The van der Waals surface area contributed by atoms with Gasteiger partial charge in [0.25, 0.3) is 5.82 Å². The molecule has 1 aromatic heterocycles. The van der Waals surface area contributed by atoms with Gasteiger partial charge in [-0.05, 0) is 40.8 Å². The number of amides is 2. The van der Waals surface area contributed by atoms with Crippen LogP contribution < -0.4 is 29.8 Å². The number of nitrogens with one attached hydrogen (secondary N) is 1. The van der Waals surface area contributed by atoms with E-state index < -0.39 is 6.03 Å². The molecule has 0 unspecified atom stereocenters. The molecule has 0 fully saturated rings. The van der Waals surface area contributed by atoms with Crippen molar-refractivity contribution in [3.63, 3.8) is 0 Å². The summed E-state index contributed by atoms with van der Waals surface area (Å²) in [5.41, 5.74) is 10.9. The number of aromatic nitrogens is 1. The van der Waals surface area contributed by atoms with E-state index in [1.807, 2.05) is 30.3 Å². The van der Waals surface area contributed by atoms with Crippen molar-refractivity contribution in [2.24, 2.45) is 5.73 Å². The van der Waals surface area contributed by atoms with Gasteiger partial charge in [0, 0.05) is 23.6 Å². The summed E-state index contributed by atoms with van der Waals surface area (Å²) >= 11 is 0. The fraction of sp³-hybridized carbons (Fsp3) is 0.185. The zero-order chi connectivity index (χ0) is 23.8. The summed E-state index contributed by atoms with van der Waals surface area (Å²) in [5.74, 6) is 2.65. The molecule has 7 nitrogen and oxygen atoms in total. The second-order valence-corrected chi connectivity index (χ2v) is 8.14. The van der Waals surface area contributed by atoms with E-state index in [9.17, 15) is 4.79 Å². The summed E-state index contributed by atoms with van der Waals surface area (Å²) in [6.07, 6.45) is 0.782. The molecule has 0 aliphatic carbocycles. The Bertz CT molecular complexity index is 1420. The first kappa shape index (κ1) is 21.6. The van der Waals surface area contributed by atoms with Crippen LogP contribution >= 0.6 is 0 Å². The summed E-state index contributed by atoms with van der Waals surface area (Å²) in [7, 11) is 4.89. The first-order valence-electron chi connectivity index (χ1n) is 11.0. The highest BCUT2D eigenvalue weighted by atomic mass is 16.5. The number of ether oxygens (including phenoxy) is 3. The number of carbonyl (C=O) groups excluding carboxylic acids is 1. The Balaban J connectivity index is 1.81. The van der Waals surface area contributed by atoms with Crippen molar-refractivity contribution in [1.29, 1.82) is 0 Å². The highest BCUT2D eigenvalue weighted by Crippen LogP contribution is 2.41. The number of methoxy groups -OCH3 is 3. The van der Waals surface area contributed by atoms with Gasteiger partial charge in [0.2, 0.25) is 0 Å². The maximum Gasteiger partial charge on any atom is 0.404 e. The first-order valence-corrected chi connectivity index (χ1v) is 11.0. The summed E-state index contributed by atoms with van der Waals surface area (Å²) in [6, 6.07) is 19.7. The highest BCUT2D eigenvalue weighted by Gasteiger charge is 2.29. The van der Waals surface area contributed by atoms with Gasteiger partial charge in [0.15, 0.2) is 11.5 Å². The van der Waals surface area contributed by atoms with Gasteiger partial charge in [-0.25, -0.2) is 9.36 Å². The van der Waals surface area contributed by atoms with Gasteiger partial charge in [0.1, 0.15) is 11.4 Å².